The summed E-state index contributed by atoms with van der Waals surface area (Å²) >= 11 is 0. The zero-order valence-corrected chi connectivity index (χ0v) is 9.07. The van der Waals surface area contributed by atoms with Gasteiger partial charge in [-0.3, -0.25) is 0 Å². The Morgan fingerprint density at radius 2 is 2.07 bits per heavy atom. The molecule has 0 aromatic carbocycles. The van der Waals surface area contributed by atoms with Gasteiger partial charge in [0.15, 0.2) is 5.82 Å². The summed E-state index contributed by atoms with van der Waals surface area (Å²) in [4.78, 5) is 2.10. The van der Waals surface area contributed by atoms with Crippen molar-refractivity contribution in [3.63, 3.8) is 0 Å². The third-order valence-corrected chi connectivity index (χ3v) is 1.94. The Morgan fingerprint density at radius 3 is 2.50 bits per heavy atom. The Morgan fingerprint density at radius 1 is 1.36 bits per heavy atom. The molecule has 0 saturated heterocycles. The predicted octanol–water partition coefficient (Wildman–Crippen LogP) is 1.03. The largest absolute Gasteiger partial charge is 0.358 e. The van der Waals surface area contributed by atoms with Crippen molar-refractivity contribution < 1.29 is 0 Å². The van der Waals surface area contributed by atoms with Crippen LogP contribution in [0.2, 0.25) is 0 Å². The molecule has 78 valence electrons. The zero-order valence-electron chi connectivity index (χ0n) is 9.07. The summed E-state index contributed by atoms with van der Waals surface area (Å²) in [6.45, 7) is 5.79. The van der Waals surface area contributed by atoms with Crippen LogP contribution in [0.4, 0.5) is 5.82 Å². The molecule has 0 atom stereocenters. The first-order chi connectivity index (χ1) is 6.63. The minimum absolute atomic E-state index is 0.446. The van der Waals surface area contributed by atoms with Crippen molar-refractivity contribution in [2.75, 3.05) is 18.5 Å². The molecule has 0 aliphatic carbocycles. The molecule has 14 heavy (non-hydrogen) atoms. The first kappa shape index (κ1) is 10.9. The van der Waals surface area contributed by atoms with Gasteiger partial charge < -0.3 is 10.6 Å². The molecule has 1 rings (SSSR count). The number of anilines is 1. The molecule has 0 aliphatic heterocycles. The maximum Gasteiger partial charge on any atom is 0.150 e. The van der Waals surface area contributed by atoms with Crippen LogP contribution in [-0.2, 0) is 6.54 Å². The van der Waals surface area contributed by atoms with Crippen molar-refractivity contribution in [3.05, 3.63) is 17.8 Å². The number of nitrogens with two attached hydrogens (primary N) is 1. The molecular weight excluding hydrogens is 176 g/mol. The van der Waals surface area contributed by atoms with Gasteiger partial charge in [-0.2, -0.15) is 5.10 Å². The summed E-state index contributed by atoms with van der Waals surface area (Å²) in [5.74, 6) is 1.52. The number of hydrogen-bond donors (Lipinski definition) is 1. The lowest BCUT2D eigenvalue weighted by Crippen LogP contribution is -2.23. The molecule has 0 spiro atoms. The van der Waals surface area contributed by atoms with Crippen LogP contribution in [0.15, 0.2) is 12.1 Å². The van der Waals surface area contributed by atoms with Crippen LogP contribution in [0.3, 0.4) is 0 Å². The topological polar surface area (TPSA) is 55.0 Å². The van der Waals surface area contributed by atoms with E-state index in [4.69, 9.17) is 5.73 Å². The first-order valence-electron chi connectivity index (χ1n) is 4.87. The summed E-state index contributed by atoms with van der Waals surface area (Å²) in [6.07, 6.45) is 0. The molecule has 0 amide bonds. The summed E-state index contributed by atoms with van der Waals surface area (Å²) in [6, 6.07) is 3.87. The van der Waals surface area contributed by atoms with Gasteiger partial charge in [0.1, 0.15) is 0 Å². The second-order valence-electron chi connectivity index (χ2n) is 3.86. The van der Waals surface area contributed by atoms with Gasteiger partial charge in [-0.1, -0.05) is 13.8 Å². The van der Waals surface area contributed by atoms with Crippen LogP contribution in [0, 0.1) is 5.92 Å². The SMILES string of the molecule is CC(C)CN(C)c1ccc(CN)nn1. The Labute approximate surface area is 85.1 Å². The fourth-order valence-electron chi connectivity index (χ4n) is 1.31. The smallest absolute Gasteiger partial charge is 0.150 e. The van der Waals surface area contributed by atoms with Gasteiger partial charge in [-0.25, -0.2) is 0 Å². The highest BCUT2D eigenvalue weighted by atomic mass is 15.2. The fraction of sp³-hybridized carbons (Fsp3) is 0.600. The van der Waals surface area contributed by atoms with Gasteiger partial charge >= 0.3 is 0 Å². The summed E-state index contributed by atoms with van der Waals surface area (Å²) in [5.41, 5.74) is 6.27. The van der Waals surface area contributed by atoms with E-state index in [0.717, 1.165) is 18.1 Å². The van der Waals surface area contributed by atoms with E-state index >= 15 is 0 Å². The molecule has 0 fully saturated rings. The monoisotopic (exact) mass is 194 g/mol. The maximum absolute atomic E-state index is 5.44. The molecule has 1 heterocycles. The number of hydrogen-bond acceptors (Lipinski definition) is 4. The molecule has 1 aromatic rings. The second kappa shape index (κ2) is 4.91. The summed E-state index contributed by atoms with van der Waals surface area (Å²) in [7, 11) is 2.02. The van der Waals surface area contributed by atoms with Crippen LogP contribution >= 0.6 is 0 Å². The van der Waals surface area contributed by atoms with Crippen LogP contribution in [0.25, 0.3) is 0 Å². The Kier molecular flexibility index (Phi) is 3.83. The molecule has 4 heteroatoms. The molecule has 2 N–H and O–H groups in total. The van der Waals surface area contributed by atoms with E-state index in [2.05, 4.69) is 28.9 Å². The van der Waals surface area contributed by atoms with E-state index in [0.29, 0.717) is 12.5 Å². The van der Waals surface area contributed by atoms with Crippen LogP contribution in [0.5, 0.6) is 0 Å². The molecule has 0 radical (unpaired) electrons. The number of rotatable bonds is 4. The van der Waals surface area contributed by atoms with Crippen molar-refractivity contribution in [2.24, 2.45) is 11.7 Å². The van der Waals surface area contributed by atoms with Gasteiger partial charge in [0.2, 0.25) is 0 Å². The van der Waals surface area contributed by atoms with Crippen molar-refractivity contribution in [2.45, 2.75) is 20.4 Å². The van der Waals surface area contributed by atoms with E-state index in [1.54, 1.807) is 0 Å². The predicted molar refractivity (Wildman–Crippen MR) is 58.0 cm³/mol. The minimum atomic E-state index is 0.446. The molecule has 0 saturated carbocycles. The quantitative estimate of drug-likeness (QED) is 0.777. The lowest BCUT2D eigenvalue weighted by molar-refractivity contribution is 0.631. The second-order valence-corrected chi connectivity index (χ2v) is 3.86. The van der Waals surface area contributed by atoms with E-state index in [1.165, 1.54) is 0 Å². The molecule has 0 bridgehead atoms. The van der Waals surface area contributed by atoms with Crippen LogP contribution in [0.1, 0.15) is 19.5 Å². The highest BCUT2D eigenvalue weighted by Gasteiger charge is 2.04. The van der Waals surface area contributed by atoms with Crippen molar-refractivity contribution in [3.8, 4) is 0 Å². The van der Waals surface area contributed by atoms with E-state index in [9.17, 15) is 0 Å². The lowest BCUT2D eigenvalue weighted by Gasteiger charge is -2.19. The fourth-order valence-corrected chi connectivity index (χ4v) is 1.31. The Balaban J connectivity index is 2.66. The van der Waals surface area contributed by atoms with Gasteiger partial charge in [0, 0.05) is 20.1 Å². The Bertz CT molecular complexity index is 268. The van der Waals surface area contributed by atoms with Gasteiger partial charge in [-0.15, -0.1) is 5.10 Å². The van der Waals surface area contributed by atoms with Gasteiger partial charge in [-0.05, 0) is 18.1 Å². The van der Waals surface area contributed by atoms with Crippen LogP contribution in [-0.4, -0.2) is 23.8 Å². The Hall–Kier alpha value is -1.16. The third-order valence-electron chi connectivity index (χ3n) is 1.94. The molecule has 1 aromatic heterocycles. The lowest BCUT2D eigenvalue weighted by atomic mass is 10.2. The summed E-state index contributed by atoms with van der Waals surface area (Å²) in [5, 5.41) is 8.11. The average molecular weight is 194 g/mol. The number of aromatic nitrogens is 2. The minimum Gasteiger partial charge on any atom is -0.358 e. The average Bonchev–Trinajstić information content (AvgIpc) is 2.17. The highest BCUT2D eigenvalue weighted by molar-refractivity contribution is 5.35. The van der Waals surface area contributed by atoms with Crippen molar-refractivity contribution >= 4 is 5.82 Å². The normalized spacial score (nSPS) is 10.6. The molecular formula is C10H18N4. The maximum atomic E-state index is 5.44. The third kappa shape index (κ3) is 2.96. The van der Waals surface area contributed by atoms with Gasteiger partial charge in [0.05, 0.1) is 5.69 Å². The van der Waals surface area contributed by atoms with E-state index < -0.39 is 0 Å². The van der Waals surface area contributed by atoms with Crippen molar-refractivity contribution in [1.82, 2.24) is 10.2 Å². The van der Waals surface area contributed by atoms with E-state index in [-0.39, 0.29) is 0 Å². The molecule has 4 nitrogen and oxygen atoms in total. The first-order valence-corrected chi connectivity index (χ1v) is 4.87. The molecule has 0 aliphatic rings. The van der Waals surface area contributed by atoms with Crippen LogP contribution < -0.4 is 10.6 Å². The zero-order chi connectivity index (χ0) is 10.6. The standard InChI is InChI=1S/C10H18N4/c1-8(2)7-14(3)10-5-4-9(6-11)12-13-10/h4-5,8H,6-7,11H2,1-3H3. The van der Waals surface area contributed by atoms with E-state index in [1.807, 2.05) is 19.2 Å². The molecule has 0 unspecified atom stereocenters. The summed E-state index contributed by atoms with van der Waals surface area (Å²) < 4.78 is 0. The van der Waals surface area contributed by atoms with Gasteiger partial charge in [0.25, 0.3) is 0 Å². The van der Waals surface area contributed by atoms with Crippen molar-refractivity contribution in [1.29, 1.82) is 0 Å². The highest BCUT2D eigenvalue weighted by Crippen LogP contribution is 2.09. The number of nitrogens with zero attached hydrogens (tertiary/aromatic N) is 3.